The maximum absolute atomic E-state index is 13.5. The van der Waals surface area contributed by atoms with E-state index < -0.39 is 17.8 Å². The monoisotopic (exact) mass is 300 g/mol. The molecule has 4 nitrogen and oxygen atoms in total. The first kappa shape index (κ1) is 15.2. The minimum Gasteiger partial charge on any atom is -0.468 e. The van der Waals surface area contributed by atoms with Gasteiger partial charge in [0.25, 0.3) is 0 Å². The van der Waals surface area contributed by atoms with Gasteiger partial charge in [-0.3, -0.25) is 4.90 Å². The van der Waals surface area contributed by atoms with E-state index in [1.165, 1.54) is 19.2 Å². The van der Waals surface area contributed by atoms with Gasteiger partial charge in [-0.1, -0.05) is 11.6 Å². The van der Waals surface area contributed by atoms with Crippen molar-refractivity contribution in [3.63, 3.8) is 0 Å². The van der Waals surface area contributed by atoms with Crippen molar-refractivity contribution < 1.29 is 13.9 Å². The second-order valence-electron chi connectivity index (χ2n) is 4.77. The molecule has 0 bridgehead atoms. The Balaban J connectivity index is 2.32. The number of hydrogen-bond donors (Lipinski definition) is 1. The SMILES string of the molecule is COC(=O)C(c1cc(F)cc(Cl)c1)N1CCCNCC1. The van der Waals surface area contributed by atoms with Crippen LogP contribution in [-0.4, -0.2) is 44.2 Å². The van der Waals surface area contributed by atoms with Crippen LogP contribution in [0.15, 0.2) is 18.2 Å². The number of benzene rings is 1. The Kier molecular flexibility index (Phi) is 5.34. The average Bonchev–Trinajstić information content (AvgIpc) is 2.67. The van der Waals surface area contributed by atoms with Crippen molar-refractivity contribution in [2.75, 3.05) is 33.3 Å². The van der Waals surface area contributed by atoms with Crippen molar-refractivity contribution in [3.05, 3.63) is 34.6 Å². The lowest BCUT2D eigenvalue weighted by atomic mass is 10.0. The minimum atomic E-state index is -0.618. The molecule has 1 heterocycles. The molecule has 0 spiro atoms. The van der Waals surface area contributed by atoms with Crippen LogP contribution in [0.3, 0.4) is 0 Å². The summed E-state index contributed by atoms with van der Waals surface area (Å²) in [6.07, 6.45) is 0.927. The van der Waals surface area contributed by atoms with Crippen LogP contribution in [0.4, 0.5) is 4.39 Å². The van der Waals surface area contributed by atoms with E-state index in [0.29, 0.717) is 12.1 Å². The molecule has 6 heteroatoms. The molecular weight excluding hydrogens is 283 g/mol. The Morgan fingerprint density at radius 1 is 1.40 bits per heavy atom. The first-order chi connectivity index (χ1) is 9.61. The highest BCUT2D eigenvalue weighted by Gasteiger charge is 2.29. The van der Waals surface area contributed by atoms with Gasteiger partial charge in [-0.15, -0.1) is 0 Å². The van der Waals surface area contributed by atoms with Gasteiger partial charge in [0.2, 0.25) is 0 Å². The highest BCUT2D eigenvalue weighted by Crippen LogP contribution is 2.26. The first-order valence-corrected chi connectivity index (χ1v) is 6.98. The number of nitrogens with one attached hydrogen (secondary N) is 1. The molecule has 1 aromatic carbocycles. The number of nitrogens with zero attached hydrogens (tertiary/aromatic N) is 1. The van der Waals surface area contributed by atoms with Crippen LogP contribution < -0.4 is 5.32 Å². The molecule has 0 aromatic heterocycles. The van der Waals surface area contributed by atoms with E-state index in [1.807, 2.05) is 4.90 Å². The molecule has 0 amide bonds. The summed E-state index contributed by atoms with van der Waals surface area (Å²) in [5.74, 6) is -0.845. The van der Waals surface area contributed by atoms with Crippen LogP contribution in [-0.2, 0) is 9.53 Å². The zero-order chi connectivity index (χ0) is 14.5. The third-order valence-electron chi connectivity index (χ3n) is 3.36. The lowest BCUT2D eigenvalue weighted by molar-refractivity contribution is -0.147. The number of carbonyl (C=O) groups is 1. The Morgan fingerprint density at radius 2 is 2.20 bits per heavy atom. The molecule has 0 saturated carbocycles. The largest absolute Gasteiger partial charge is 0.468 e. The van der Waals surface area contributed by atoms with Crippen LogP contribution in [0.2, 0.25) is 5.02 Å². The fraction of sp³-hybridized carbons (Fsp3) is 0.500. The number of methoxy groups -OCH3 is 1. The summed E-state index contributed by atoms with van der Waals surface area (Å²) in [5, 5.41) is 3.55. The van der Waals surface area contributed by atoms with Crippen LogP contribution in [0, 0.1) is 5.82 Å². The van der Waals surface area contributed by atoms with E-state index in [9.17, 15) is 9.18 Å². The van der Waals surface area contributed by atoms with Gasteiger partial charge in [0.1, 0.15) is 11.9 Å². The second kappa shape index (κ2) is 7.02. The maximum atomic E-state index is 13.5. The number of hydrogen-bond acceptors (Lipinski definition) is 4. The maximum Gasteiger partial charge on any atom is 0.327 e. The van der Waals surface area contributed by atoms with Crippen molar-refractivity contribution >= 4 is 17.6 Å². The van der Waals surface area contributed by atoms with Gasteiger partial charge in [-0.2, -0.15) is 0 Å². The number of ether oxygens (including phenoxy) is 1. The summed E-state index contributed by atoms with van der Waals surface area (Å²) in [5.41, 5.74) is 0.531. The number of halogens is 2. The molecule has 20 heavy (non-hydrogen) atoms. The molecule has 1 fully saturated rings. The van der Waals surface area contributed by atoms with Crippen molar-refractivity contribution in [1.29, 1.82) is 0 Å². The van der Waals surface area contributed by atoms with E-state index in [4.69, 9.17) is 16.3 Å². The lowest BCUT2D eigenvalue weighted by Gasteiger charge is -2.28. The van der Waals surface area contributed by atoms with Gasteiger partial charge >= 0.3 is 5.97 Å². The minimum absolute atomic E-state index is 0.279. The molecule has 1 aliphatic rings. The van der Waals surface area contributed by atoms with Crippen molar-refractivity contribution in [2.24, 2.45) is 0 Å². The molecule has 1 aliphatic heterocycles. The molecule has 0 radical (unpaired) electrons. The fourth-order valence-electron chi connectivity index (χ4n) is 2.47. The van der Waals surface area contributed by atoms with E-state index in [1.54, 1.807) is 6.07 Å². The molecule has 1 aromatic rings. The van der Waals surface area contributed by atoms with Crippen molar-refractivity contribution in [3.8, 4) is 0 Å². The molecule has 1 unspecified atom stereocenters. The predicted molar refractivity (Wildman–Crippen MR) is 75.2 cm³/mol. The van der Waals surface area contributed by atoms with Crippen LogP contribution in [0.1, 0.15) is 18.0 Å². The Labute approximate surface area is 122 Å². The standard InChI is InChI=1S/C14H18ClFN2O2/c1-20-14(19)13(18-5-2-3-17-4-6-18)10-7-11(15)9-12(16)8-10/h7-9,13,17H,2-6H2,1H3. The van der Waals surface area contributed by atoms with Gasteiger partial charge in [-0.25, -0.2) is 9.18 Å². The Hall–Kier alpha value is -1.17. The first-order valence-electron chi connectivity index (χ1n) is 6.60. The average molecular weight is 301 g/mol. The van der Waals surface area contributed by atoms with E-state index in [-0.39, 0.29) is 5.02 Å². The molecule has 2 rings (SSSR count). The van der Waals surface area contributed by atoms with Crippen LogP contribution in [0.25, 0.3) is 0 Å². The molecular formula is C14H18ClFN2O2. The second-order valence-corrected chi connectivity index (χ2v) is 5.20. The number of esters is 1. The van der Waals surface area contributed by atoms with Crippen LogP contribution in [0.5, 0.6) is 0 Å². The van der Waals surface area contributed by atoms with Gasteiger partial charge in [0.15, 0.2) is 0 Å². The van der Waals surface area contributed by atoms with E-state index in [2.05, 4.69) is 5.32 Å². The van der Waals surface area contributed by atoms with Gasteiger partial charge in [0, 0.05) is 24.7 Å². The van der Waals surface area contributed by atoms with Crippen molar-refractivity contribution in [1.82, 2.24) is 10.2 Å². The smallest absolute Gasteiger partial charge is 0.327 e. The summed E-state index contributed by atoms with van der Waals surface area (Å²) >= 11 is 5.89. The summed E-state index contributed by atoms with van der Waals surface area (Å²) in [6, 6.07) is 3.56. The molecule has 1 atom stereocenters. The Bertz CT molecular complexity index is 456. The van der Waals surface area contributed by atoms with Gasteiger partial charge < -0.3 is 10.1 Å². The van der Waals surface area contributed by atoms with Gasteiger partial charge in [0.05, 0.1) is 7.11 Å². The van der Waals surface area contributed by atoms with Crippen molar-refractivity contribution in [2.45, 2.75) is 12.5 Å². The molecule has 1 N–H and O–H groups in total. The fourth-order valence-corrected chi connectivity index (χ4v) is 2.70. The third kappa shape index (κ3) is 3.69. The molecule has 0 aliphatic carbocycles. The number of rotatable bonds is 3. The summed E-state index contributed by atoms with van der Waals surface area (Å²) < 4.78 is 18.4. The predicted octanol–water partition coefficient (Wildman–Crippen LogP) is 1.99. The summed E-state index contributed by atoms with van der Waals surface area (Å²) in [7, 11) is 1.34. The number of carbonyl (C=O) groups excluding carboxylic acids is 1. The van der Waals surface area contributed by atoms with Gasteiger partial charge in [-0.05, 0) is 36.7 Å². The molecule has 110 valence electrons. The van der Waals surface area contributed by atoms with Crippen LogP contribution >= 0.6 is 11.6 Å². The lowest BCUT2D eigenvalue weighted by Crippen LogP contribution is -2.37. The molecule has 1 saturated heterocycles. The van der Waals surface area contributed by atoms with E-state index in [0.717, 1.165) is 26.1 Å². The quantitative estimate of drug-likeness (QED) is 0.867. The van der Waals surface area contributed by atoms with E-state index >= 15 is 0 Å². The zero-order valence-electron chi connectivity index (χ0n) is 11.4. The highest BCUT2D eigenvalue weighted by atomic mass is 35.5. The topological polar surface area (TPSA) is 41.6 Å². The third-order valence-corrected chi connectivity index (χ3v) is 3.58. The summed E-state index contributed by atoms with van der Waals surface area (Å²) in [4.78, 5) is 14.1. The Morgan fingerprint density at radius 3 is 2.90 bits per heavy atom. The normalized spacial score (nSPS) is 18.4. The zero-order valence-corrected chi connectivity index (χ0v) is 12.1. The summed E-state index contributed by atoms with van der Waals surface area (Å²) in [6.45, 7) is 3.15. The highest BCUT2D eigenvalue weighted by molar-refractivity contribution is 6.30.